The maximum atomic E-state index is 9.68. The van der Waals surface area contributed by atoms with E-state index in [-0.39, 0.29) is 5.89 Å². The molecule has 2 aromatic heterocycles. The first kappa shape index (κ1) is 13.6. The van der Waals surface area contributed by atoms with Gasteiger partial charge in [0.1, 0.15) is 11.8 Å². The Balaban J connectivity index is 2.29. The van der Waals surface area contributed by atoms with Crippen LogP contribution >= 0.6 is 31.9 Å². The molecule has 2 aromatic rings. The van der Waals surface area contributed by atoms with Crippen molar-refractivity contribution in [3.63, 3.8) is 0 Å². The maximum absolute atomic E-state index is 9.68. The highest BCUT2D eigenvalue weighted by Gasteiger charge is 2.18. The number of rotatable bonds is 4. The Morgan fingerprint density at radius 1 is 1.44 bits per heavy atom. The average Bonchev–Trinajstić information content (AvgIpc) is 2.78. The molecule has 0 unspecified atom stereocenters. The van der Waals surface area contributed by atoms with E-state index in [1.165, 1.54) is 0 Å². The summed E-state index contributed by atoms with van der Waals surface area (Å²) in [5.41, 5.74) is 5.90. The zero-order valence-corrected chi connectivity index (χ0v) is 12.3. The van der Waals surface area contributed by atoms with Gasteiger partial charge in [-0.3, -0.25) is 4.98 Å². The minimum Gasteiger partial charge on any atom is -0.383 e. The fourth-order valence-corrected chi connectivity index (χ4v) is 2.49. The molecule has 0 bridgehead atoms. The molecule has 0 amide bonds. The topological polar surface area (TPSA) is 98.1 Å². The average molecular weight is 378 g/mol. The molecule has 1 atom stereocenters. The molecule has 96 valence electrons. The Bertz CT molecular complexity index is 546. The van der Waals surface area contributed by atoms with Gasteiger partial charge in [-0.2, -0.15) is 4.98 Å². The van der Waals surface area contributed by atoms with E-state index in [0.717, 1.165) is 8.95 Å². The number of nitrogens with zero attached hydrogens (tertiary/aromatic N) is 3. The van der Waals surface area contributed by atoms with Crippen molar-refractivity contribution in [1.29, 1.82) is 0 Å². The fraction of sp³-hybridized carbons (Fsp3) is 0.300. The molecular formula is C10H10Br2N4O2. The smallest absolute Gasteiger partial charge is 0.255 e. The minimum absolute atomic E-state index is 0.145. The van der Waals surface area contributed by atoms with Gasteiger partial charge in [0.25, 0.3) is 5.89 Å². The summed E-state index contributed by atoms with van der Waals surface area (Å²) in [5, 5.41) is 13.5. The first-order valence-corrected chi connectivity index (χ1v) is 6.73. The van der Waals surface area contributed by atoms with Gasteiger partial charge < -0.3 is 15.4 Å². The second-order valence-corrected chi connectivity index (χ2v) is 5.30. The van der Waals surface area contributed by atoms with Crippen LogP contribution in [0.25, 0.3) is 11.5 Å². The van der Waals surface area contributed by atoms with Gasteiger partial charge >= 0.3 is 0 Å². The van der Waals surface area contributed by atoms with Crippen LogP contribution in [0.4, 0.5) is 0 Å². The molecule has 0 spiro atoms. The summed E-state index contributed by atoms with van der Waals surface area (Å²) in [5.74, 6) is 0.465. The molecule has 6 nitrogen and oxygen atoms in total. The number of nitrogens with two attached hydrogens (primary N) is 1. The van der Waals surface area contributed by atoms with Crippen LogP contribution in [0.5, 0.6) is 0 Å². The lowest BCUT2D eigenvalue weighted by atomic mass is 10.2. The van der Waals surface area contributed by atoms with Crippen LogP contribution in [-0.4, -0.2) is 26.8 Å². The van der Waals surface area contributed by atoms with Crippen LogP contribution in [0, 0.1) is 0 Å². The molecule has 3 N–H and O–H groups in total. The third-order valence-corrected chi connectivity index (χ3v) is 3.22. The van der Waals surface area contributed by atoms with Crippen molar-refractivity contribution in [1.82, 2.24) is 15.1 Å². The van der Waals surface area contributed by atoms with Crippen LogP contribution < -0.4 is 5.73 Å². The fourth-order valence-electron chi connectivity index (χ4n) is 1.33. The highest BCUT2D eigenvalue weighted by molar-refractivity contribution is 9.11. The lowest BCUT2D eigenvalue weighted by molar-refractivity contribution is 0.127. The van der Waals surface area contributed by atoms with E-state index in [2.05, 4.69) is 47.0 Å². The Labute approximate surface area is 120 Å². The number of hydrogen-bond acceptors (Lipinski definition) is 6. The Morgan fingerprint density at radius 2 is 2.22 bits per heavy atom. The first-order valence-electron chi connectivity index (χ1n) is 5.15. The Morgan fingerprint density at radius 3 is 2.89 bits per heavy atom. The zero-order valence-electron chi connectivity index (χ0n) is 9.18. The van der Waals surface area contributed by atoms with Crippen molar-refractivity contribution in [2.45, 2.75) is 12.5 Å². The van der Waals surface area contributed by atoms with E-state index in [1.54, 1.807) is 6.20 Å². The quantitative estimate of drug-likeness (QED) is 0.845. The molecule has 0 radical (unpaired) electrons. The third kappa shape index (κ3) is 2.94. The predicted octanol–water partition coefficient (Wildman–Crippen LogP) is 2.04. The second-order valence-electron chi connectivity index (χ2n) is 3.53. The zero-order chi connectivity index (χ0) is 13.1. The SMILES string of the molecule is NCC[C@H](O)c1nc(-c2ncc(Br)cc2Br)no1. The largest absolute Gasteiger partial charge is 0.383 e. The summed E-state index contributed by atoms with van der Waals surface area (Å²) < 4.78 is 6.55. The van der Waals surface area contributed by atoms with Gasteiger partial charge in [0, 0.05) is 15.1 Å². The normalized spacial score (nSPS) is 12.7. The van der Waals surface area contributed by atoms with Gasteiger partial charge in [-0.25, -0.2) is 0 Å². The predicted molar refractivity (Wildman–Crippen MR) is 71.6 cm³/mol. The molecule has 0 saturated carbocycles. The molecule has 2 rings (SSSR count). The van der Waals surface area contributed by atoms with Crippen molar-refractivity contribution >= 4 is 31.9 Å². The van der Waals surface area contributed by atoms with Gasteiger partial charge in [-0.1, -0.05) is 5.16 Å². The van der Waals surface area contributed by atoms with E-state index in [1.807, 2.05) is 6.07 Å². The van der Waals surface area contributed by atoms with E-state index in [0.29, 0.717) is 24.5 Å². The first-order chi connectivity index (χ1) is 8.61. The van der Waals surface area contributed by atoms with Gasteiger partial charge in [0.2, 0.25) is 5.82 Å². The van der Waals surface area contributed by atoms with Crippen molar-refractivity contribution in [3.05, 3.63) is 27.1 Å². The number of aliphatic hydroxyl groups excluding tert-OH is 1. The molecule has 8 heteroatoms. The third-order valence-electron chi connectivity index (χ3n) is 2.19. The van der Waals surface area contributed by atoms with Crippen LogP contribution in [0.15, 0.2) is 25.7 Å². The summed E-state index contributed by atoms with van der Waals surface area (Å²) in [7, 11) is 0. The van der Waals surface area contributed by atoms with Crippen LogP contribution in [0.2, 0.25) is 0 Å². The highest BCUT2D eigenvalue weighted by atomic mass is 79.9. The summed E-state index contributed by atoms with van der Waals surface area (Å²) >= 11 is 6.67. The van der Waals surface area contributed by atoms with Crippen LogP contribution in [0.1, 0.15) is 18.4 Å². The van der Waals surface area contributed by atoms with E-state index < -0.39 is 6.10 Å². The molecule has 0 aliphatic rings. The lowest BCUT2D eigenvalue weighted by Crippen LogP contribution is -2.06. The van der Waals surface area contributed by atoms with Gasteiger partial charge in [-0.15, -0.1) is 0 Å². The molecule has 0 aliphatic carbocycles. The summed E-state index contributed by atoms with van der Waals surface area (Å²) in [6, 6.07) is 1.83. The molecular weight excluding hydrogens is 368 g/mol. The highest BCUT2D eigenvalue weighted by Crippen LogP contribution is 2.27. The number of halogens is 2. The molecule has 0 aromatic carbocycles. The van der Waals surface area contributed by atoms with Crippen LogP contribution in [0.3, 0.4) is 0 Å². The number of pyridine rings is 1. The summed E-state index contributed by atoms with van der Waals surface area (Å²) in [4.78, 5) is 8.28. The Kier molecular flexibility index (Phi) is 4.44. The summed E-state index contributed by atoms with van der Waals surface area (Å²) in [6.07, 6.45) is 1.16. The van der Waals surface area contributed by atoms with Crippen molar-refractivity contribution in [2.24, 2.45) is 5.73 Å². The van der Waals surface area contributed by atoms with Crippen molar-refractivity contribution in [3.8, 4) is 11.5 Å². The van der Waals surface area contributed by atoms with Crippen molar-refractivity contribution in [2.75, 3.05) is 6.54 Å². The van der Waals surface area contributed by atoms with Gasteiger partial charge in [-0.05, 0) is 50.9 Å². The van der Waals surface area contributed by atoms with Gasteiger partial charge in [0.15, 0.2) is 0 Å². The monoisotopic (exact) mass is 376 g/mol. The molecule has 0 saturated heterocycles. The Hall–Kier alpha value is -0.830. The van der Waals surface area contributed by atoms with Crippen LogP contribution in [-0.2, 0) is 0 Å². The number of hydrogen-bond donors (Lipinski definition) is 2. The van der Waals surface area contributed by atoms with Gasteiger partial charge in [0.05, 0.1) is 0 Å². The molecule has 0 fully saturated rings. The number of aromatic nitrogens is 3. The number of aliphatic hydroxyl groups is 1. The molecule has 2 heterocycles. The van der Waals surface area contributed by atoms with E-state index in [9.17, 15) is 5.11 Å². The van der Waals surface area contributed by atoms with Crippen molar-refractivity contribution < 1.29 is 9.63 Å². The summed E-state index contributed by atoms with van der Waals surface area (Å²) in [6.45, 7) is 0.346. The van der Waals surface area contributed by atoms with E-state index in [4.69, 9.17) is 10.3 Å². The standard InChI is InChI=1S/C10H10Br2N4O2/c11-5-3-6(12)8(14-4-5)9-15-10(18-16-9)7(17)1-2-13/h3-4,7,17H,1-2,13H2/t7-/m0/s1. The van der Waals surface area contributed by atoms with E-state index >= 15 is 0 Å². The lowest BCUT2D eigenvalue weighted by Gasteiger charge is -2.01. The molecule has 0 aliphatic heterocycles. The second kappa shape index (κ2) is 5.87. The maximum Gasteiger partial charge on any atom is 0.255 e. The molecule has 18 heavy (non-hydrogen) atoms. The minimum atomic E-state index is -0.842.